The van der Waals surface area contributed by atoms with Gasteiger partial charge in [-0.25, -0.2) is 9.13 Å². The Morgan fingerprint density at radius 3 is 1.64 bits per heavy atom. The predicted molar refractivity (Wildman–Crippen MR) is 242 cm³/mol. The second kappa shape index (κ2) is 35.6. The number of phosphoric acid groups is 2. The third-order valence-corrected chi connectivity index (χ3v) is 11.3. The van der Waals surface area contributed by atoms with Crippen molar-refractivity contribution in [2.75, 3.05) is 13.2 Å². The lowest BCUT2D eigenvalue weighted by atomic mass is 9.85. The van der Waals surface area contributed by atoms with E-state index in [4.69, 9.17) is 28.3 Å². The summed E-state index contributed by atoms with van der Waals surface area (Å²) in [6, 6.07) is 0. The molecule has 0 saturated heterocycles. The molecule has 0 spiro atoms. The quantitative estimate of drug-likeness (QED) is 0.0135. The van der Waals surface area contributed by atoms with E-state index in [1.165, 1.54) is 0 Å². The van der Waals surface area contributed by atoms with Crippen molar-refractivity contribution in [2.45, 2.75) is 185 Å². The first-order chi connectivity index (χ1) is 30.5. The van der Waals surface area contributed by atoms with E-state index in [2.05, 4.69) is 54.0 Å². The van der Waals surface area contributed by atoms with E-state index < -0.39 is 83.5 Å². The van der Waals surface area contributed by atoms with E-state index in [1.54, 1.807) is 0 Å². The number of carbonyl (C=O) groups is 2. The van der Waals surface area contributed by atoms with Gasteiger partial charge in [0.15, 0.2) is 6.10 Å². The highest BCUT2D eigenvalue weighted by atomic mass is 31.2. The Hall–Kier alpha value is -2.60. The van der Waals surface area contributed by atoms with Crippen LogP contribution in [0.1, 0.15) is 136 Å². The highest BCUT2D eigenvalue weighted by Crippen LogP contribution is 2.49. The van der Waals surface area contributed by atoms with Crippen molar-refractivity contribution in [1.82, 2.24) is 0 Å². The summed E-state index contributed by atoms with van der Waals surface area (Å²) >= 11 is 0. The summed E-state index contributed by atoms with van der Waals surface area (Å²) in [4.78, 5) is 54.1. The number of hydrogen-bond donors (Lipinski definition) is 8. The lowest BCUT2D eigenvalue weighted by molar-refractivity contribution is -0.216. The van der Waals surface area contributed by atoms with Crippen LogP contribution in [0.4, 0.5) is 0 Å². The molecule has 1 fully saturated rings. The van der Waals surface area contributed by atoms with Crippen molar-refractivity contribution >= 4 is 27.6 Å². The van der Waals surface area contributed by atoms with Crippen molar-refractivity contribution in [3.8, 4) is 0 Å². The van der Waals surface area contributed by atoms with Gasteiger partial charge < -0.3 is 49.7 Å². The van der Waals surface area contributed by atoms with Crippen molar-refractivity contribution in [3.05, 3.63) is 72.9 Å². The maximum Gasteiger partial charge on any atom is 0.472 e. The molecule has 0 aromatic carbocycles. The Morgan fingerprint density at radius 2 is 1.06 bits per heavy atom. The Kier molecular flexibility index (Phi) is 33.0. The molecule has 0 aliphatic heterocycles. The summed E-state index contributed by atoms with van der Waals surface area (Å²) in [5.41, 5.74) is 0. The highest BCUT2D eigenvalue weighted by molar-refractivity contribution is 7.47. The fourth-order valence-electron chi connectivity index (χ4n) is 6.31. The van der Waals surface area contributed by atoms with Crippen molar-refractivity contribution in [2.24, 2.45) is 0 Å². The van der Waals surface area contributed by atoms with Crippen LogP contribution in [0.15, 0.2) is 72.9 Å². The zero-order valence-corrected chi connectivity index (χ0v) is 39.3. The summed E-state index contributed by atoms with van der Waals surface area (Å²) in [5, 5.41) is 50.9. The summed E-state index contributed by atoms with van der Waals surface area (Å²) in [6.07, 6.45) is 23.6. The molecule has 17 nitrogen and oxygen atoms in total. The largest absolute Gasteiger partial charge is 0.472 e. The van der Waals surface area contributed by atoms with Gasteiger partial charge in [0.1, 0.15) is 43.2 Å². The van der Waals surface area contributed by atoms with E-state index in [-0.39, 0.29) is 18.9 Å². The Labute approximate surface area is 379 Å². The smallest absolute Gasteiger partial charge is 0.462 e. The minimum Gasteiger partial charge on any atom is -0.462 e. The number of phosphoric ester groups is 2. The molecule has 64 heavy (non-hydrogen) atoms. The normalized spacial score (nSPS) is 23.0. The molecule has 1 saturated carbocycles. The van der Waals surface area contributed by atoms with E-state index in [1.807, 2.05) is 37.3 Å². The van der Waals surface area contributed by atoms with Gasteiger partial charge in [-0.2, -0.15) is 0 Å². The molecule has 368 valence electrons. The van der Waals surface area contributed by atoms with Gasteiger partial charge in [-0.15, -0.1) is 0 Å². The van der Waals surface area contributed by atoms with Crippen molar-refractivity contribution in [3.63, 3.8) is 0 Å². The lowest BCUT2D eigenvalue weighted by Gasteiger charge is -2.43. The zero-order chi connectivity index (χ0) is 47.6. The molecule has 8 N–H and O–H groups in total. The molecule has 9 atom stereocenters. The van der Waals surface area contributed by atoms with Crippen LogP contribution in [0.3, 0.4) is 0 Å². The number of hydrogen-bond acceptors (Lipinski definition) is 14. The van der Waals surface area contributed by atoms with Crippen molar-refractivity contribution in [1.29, 1.82) is 0 Å². The average molecular weight is 951 g/mol. The van der Waals surface area contributed by atoms with Crippen LogP contribution in [0.5, 0.6) is 0 Å². The molecule has 0 bridgehead atoms. The van der Waals surface area contributed by atoms with E-state index >= 15 is 0 Å². The molecular weight excluding hydrogens is 874 g/mol. The number of ether oxygens (including phenoxy) is 2. The van der Waals surface area contributed by atoms with Gasteiger partial charge >= 0.3 is 27.6 Å². The Bertz CT molecular complexity index is 1540. The van der Waals surface area contributed by atoms with E-state index in [9.17, 15) is 49.1 Å². The second-order valence-corrected chi connectivity index (χ2v) is 18.2. The van der Waals surface area contributed by atoms with Crippen LogP contribution >= 0.6 is 15.6 Å². The molecule has 0 heterocycles. The zero-order valence-electron chi connectivity index (χ0n) is 37.5. The number of aliphatic hydroxyl groups excluding tert-OH is 5. The van der Waals surface area contributed by atoms with Gasteiger partial charge in [0.05, 0.1) is 12.7 Å². The topological polar surface area (TPSA) is 276 Å². The SMILES string of the molecule is CCC/C=C\C/C=C\CCCCCCCC(=O)O[C@H](COC(=O)CCC/C=C\C/C=C\C/C=C\C/C=C\CC(O)CCC)COP(=O)(O)O[C@H]1C(O)C(O)C(O)[C@@H](OP(=O)(O)O)C1O. The number of allylic oxidation sites excluding steroid dienone is 11. The van der Waals surface area contributed by atoms with Crippen LogP contribution in [-0.2, 0) is 41.8 Å². The molecule has 0 radical (unpaired) electrons. The maximum atomic E-state index is 13.0. The molecule has 1 aliphatic rings. The van der Waals surface area contributed by atoms with Crippen LogP contribution < -0.4 is 0 Å². The Balaban J connectivity index is 2.67. The number of rotatable bonds is 36. The molecule has 0 amide bonds. The average Bonchev–Trinajstić information content (AvgIpc) is 3.24. The number of carbonyl (C=O) groups excluding carboxylic acids is 2. The predicted octanol–water partition coefficient (Wildman–Crippen LogP) is 7.03. The molecule has 0 aromatic heterocycles. The first kappa shape index (κ1) is 59.4. The maximum absolute atomic E-state index is 13.0. The summed E-state index contributed by atoms with van der Waals surface area (Å²) < 4.78 is 49.2. The van der Waals surface area contributed by atoms with Gasteiger partial charge in [0.2, 0.25) is 0 Å². The molecule has 1 rings (SSSR count). The van der Waals surface area contributed by atoms with Crippen LogP contribution in [0, 0.1) is 0 Å². The minimum absolute atomic E-state index is 0.00484. The third-order valence-electron chi connectivity index (χ3n) is 9.79. The van der Waals surface area contributed by atoms with Gasteiger partial charge in [0, 0.05) is 12.8 Å². The van der Waals surface area contributed by atoms with Gasteiger partial charge in [-0.3, -0.25) is 23.2 Å². The van der Waals surface area contributed by atoms with Crippen molar-refractivity contribution < 1.29 is 82.0 Å². The highest BCUT2D eigenvalue weighted by Gasteiger charge is 2.54. The molecule has 19 heteroatoms. The number of esters is 2. The molecule has 1 aliphatic carbocycles. The van der Waals surface area contributed by atoms with Gasteiger partial charge in [0.25, 0.3) is 0 Å². The fourth-order valence-corrected chi connectivity index (χ4v) is 7.84. The fraction of sp³-hybridized carbons (Fsp3) is 0.689. The van der Waals surface area contributed by atoms with E-state index in [0.717, 1.165) is 83.5 Å². The van der Waals surface area contributed by atoms with Crippen LogP contribution in [0.25, 0.3) is 0 Å². The van der Waals surface area contributed by atoms with Gasteiger partial charge in [-0.1, -0.05) is 119 Å². The van der Waals surface area contributed by atoms with Crippen LogP contribution in [0.2, 0.25) is 0 Å². The second-order valence-electron chi connectivity index (χ2n) is 15.6. The summed E-state index contributed by atoms with van der Waals surface area (Å²) in [6.45, 7) is 2.76. The standard InChI is InChI=1S/C45H76O17P2/c1-3-5-6-7-8-9-10-12-17-20-23-26-29-33-39(48)60-37(35-59-64(56,57)62-45-42(51)40(49)41(50)44(43(45)52)61-63(53,54)55)34-58-38(47)32-28-25-22-19-16-14-11-13-15-18-21-24-27-31-36(46)30-4-2/h6-7,9-11,14-15,18-19,22,24,27,36-37,40-46,49-52H,3-5,8,12-13,16-17,20-21,23,25-26,28-35H2,1-2H3,(H,56,57)(H2,53,54,55)/b7-6-,10-9-,14-11-,18-15-,22-19-,27-24-/t36?,37-,40?,41?,42?,43?,44-,45+/m1/s1. The van der Waals surface area contributed by atoms with Gasteiger partial charge in [-0.05, 0) is 77.0 Å². The Morgan fingerprint density at radius 1 is 0.562 bits per heavy atom. The summed E-state index contributed by atoms with van der Waals surface area (Å²) in [5.74, 6) is -1.32. The molecule has 6 unspecified atom stereocenters. The monoisotopic (exact) mass is 950 g/mol. The third kappa shape index (κ3) is 29.8. The first-order valence-corrected chi connectivity index (χ1v) is 25.6. The first-order valence-electron chi connectivity index (χ1n) is 22.6. The van der Waals surface area contributed by atoms with Crippen LogP contribution in [-0.4, -0.2) is 114 Å². The molecule has 0 aromatic rings. The minimum atomic E-state index is -5.38. The lowest BCUT2D eigenvalue weighted by Crippen LogP contribution is -2.64. The number of unbranched alkanes of at least 4 members (excludes halogenated alkanes) is 7. The summed E-state index contributed by atoms with van der Waals surface area (Å²) in [7, 11) is -10.7. The molecular formula is C45H76O17P2. The number of aliphatic hydroxyl groups is 5. The van der Waals surface area contributed by atoms with E-state index in [0.29, 0.717) is 25.7 Å².